The Hall–Kier alpha value is -0.545. The molecule has 4 nitrogen and oxygen atoms in total. The lowest BCUT2D eigenvalue weighted by Crippen LogP contribution is -2.34. The summed E-state index contributed by atoms with van der Waals surface area (Å²) in [5, 5.41) is 9.33. The third-order valence-electron chi connectivity index (χ3n) is 4.39. The van der Waals surface area contributed by atoms with E-state index in [0.717, 1.165) is 58.4 Å². The highest BCUT2D eigenvalue weighted by Crippen LogP contribution is 2.27. The van der Waals surface area contributed by atoms with Gasteiger partial charge in [0.2, 0.25) is 0 Å². The third kappa shape index (κ3) is 5.15. The average molecular weight is 268 g/mol. The fourth-order valence-corrected chi connectivity index (χ4v) is 3.00. The highest BCUT2D eigenvalue weighted by Gasteiger charge is 2.36. The maximum absolute atomic E-state index is 11.3. The molecule has 0 radical (unpaired) electrons. The molecule has 2 atom stereocenters. The first-order valence-electron chi connectivity index (χ1n) is 7.79. The fraction of sp³-hybridized carbons (Fsp3) is 0.929. The summed E-state index contributed by atoms with van der Waals surface area (Å²) in [6.45, 7) is 10.3. The minimum Gasteiger partial charge on any atom is -0.481 e. The van der Waals surface area contributed by atoms with E-state index in [1.54, 1.807) is 0 Å². The van der Waals surface area contributed by atoms with Crippen molar-refractivity contribution in [3.05, 3.63) is 0 Å². The van der Waals surface area contributed by atoms with E-state index in [9.17, 15) is 9.90 Å². The lowest BCUT2D eigenvalue weighted by Gasteiger charge is -2.22. The topological polar surface area (TPSA) is 43.8 Å². The molecular weight excluding hydrogens is 239 g/mol. The Morgan fingerprint density at radius 3 is 2.58 bits per heavy atom. The van der Waals surface area contributed by atoms with Gasteiger partial charge in [-0.05, 0) is 25.4 Å². The van der Waals surface area contributed by atoms with Gasteiger partial charge in [0, 0.05) is 26.2 Å². The zero-order chi connectivity index (χ0) is 14.3. The smallest absolute Gasteiger partial charge is 0.308 e. The number of nitrogens with zero attached hydrogens (tertiary/aromatic N) is 2. The molecule has 1 fully saturated rings. The number of hydrogen-bond donors (Lipinski definition) is 1. The van der Waals surface area contributed by atoms with Crippen molar-refractivity contribution >= 4 is 13.8 Å². The van der Waals surface area contributed by atoms with Gasteiger partial charge in [-0.15, -0.1) is 0 Å². The third-order valence-corrected chi connectivity index (χ3v) is 4.39. The fourth-order valence-electron chi connectivity index (χ4n) is 3.00. The van der Waals surface area contributed by atoms with E-state index < -0.39 is 5.97 Å². The normalized spacial score (nSPS) is 24.2. The summed E-state index contributed by atoms with van der Waals surface area (Å²) < 4.78 is 0. The average Bonchev–Trinajstić information content (AvgIpc) is 2.81. The summed E-state index contributed by atoms with van der Waals surface area (Å²) in [4.78, 5) is 16.1. The number of likely N-dealkylation sites (tertiary alicyclic amines) is 1. The number of carboxylic acids is 1. The van der Waals surface area contributed by atoms with Crippen LogP contribution in [0.2, 0.25) is 6.32 Å². The molecule has 0 aliphatic carbocycles. The van der Waals surface area contributed by atoms with Crippen molar-refractivity contribution in [2.75, 3.05) is 39.3 Å². The Morgan fingerprint density at radius 2 is 2.05 bits per heavy atom. The lowest BCUT2D eigenvalue weighted by atomic mass is 9.88. The molecule has 1 heterocycles. The van der Waals surface area contributed by atoms with Gasteiger partial charge in [-0.2, -0.15) is 0 Å². The van der Waals surface area contributed by atoms with Crippen LogP contribution in [0.4, 0.5) is 0 Å². The Balaban J connectivity index is 2.43. The Labute approximate surface area is 118 Å². The molecule has 0 aromatic heterocycles. The van der Waals surface area contributed by atoms with Gasteiger partial charge in [0.15, 0.2) is 0 Å². The Morgan fingerprint density at radius 1 is 1.37 bits per heavy atom. The molecule has 110 valence electrons. The van der Waals surface area contributed by atoms with E-state index in [1.807, 2.05) is 0 Å². The van der Waals surface area contributed by atoms with Crippen LogP contribution in [0.1, 0.15) is 26.7 Å². The van der Waals surface area contributed by atoms with E-state index in [2.05, 4.69) is 31.5 Å². The first-order chi connectivity index (χ1) is 9.12. The molecule has 0 amide bonds. The second-order valence-electron chi connectivity index (χ2n) is 5.63. The van der Waals surface area contributed by atoms with Crippen molar-refractivity contribution < 1.29 is 9.90 Å². The van der Waals surface area contributed by atoms with Gasteiger partial charge in [-0.1, -0.05) is 26.6 Å². The minimum absolute atomic E-state index is 0.150. The number of aliphatic carboxylic acids is 1. The van der Waals surface area contributed by atoms with Crippen molar-refractivity contribution in [3.63, 3.8) is 0 Å². The maximum Gasteiger partial charge on any atom is 0.308 e. The quantitative estimate of drug-likeness (QED) is 0.628. The van der Waals surface area contributed by atoms with Crippen LogP contribution in [0, 0.1) is 11.8 Å². The largest absolute Gasteiger partial charge is 0.481 e. The van der Waals surface area contributed by atoms with Crippen LogP contribution in [-0.2, 0) is 4.79 Å². The number of likely N-dealkylation sites (N-methyl/N-ethyl adjacent to an activating group) is 1. The van der Waals surface area contributed by atoms with E-state index in [0.29, 0.717) is 5.92 Å². The molecule has 0 saturated carbocycles. The predicted octanol–water partition coefficient (Wildman–Crippen LogP) is 0.792. The van der Waals surface area contributed by atoms with Gasteiger partial charge in [0.1, 0.15) is 7.85 Å². The van der Waals surface area contributed by atoms with Gasteiger partial charge in [0.05, 0.1) is 5.92 Å². The first kappa shape index (κ1) is 16.5. The van der Waals surface area contributed by atoms with Gasteiger partial charge < -0.3 is 14.9 Å². The Bertz CT molecular complexity index is 272. The van der Waals surface area contributed by atoms with Crippen LogP contribution in [0.15, 0.2) is 0 Å². The zero-order valence-electron chi connectivity index (χ0n) is 12.8. The highest BCUT2D eigenvalue weighted by atomic mass is 16.4. The summed E-state index contributed by atoms with van der Waals surface area (Å²) in [6.07, 6.45) is 3.37. The summed E-state index contributed by atoms with van der Waals surface area (Å²) in [5.74, 6) is -0.399. The van der Waals surface area contributed by atoms with Crippen LogP contribution in [0.3, 0.4) is 0 Å². The van der Waals surface area contributed by atoms with E-state index in [1.165, 1.54) is 0 Å². The lowest BCUT2D eigenvalue weighted by molar-refractivity contribution is -0.142. The molecule has 1 rings (SSSR count). The first-order valence-corrected chi connectivity index (χ1v) is 7.79. The molecule has 0 aromatic carbocycles. The van der Waals surface area contributed by atoms with E-state index in [4.69, 9.17) is 0 Å². The molecule has 0 bridgehead atoms. The molecule has 1 N–H and O–H groups in total. The number of hydrogen-bond acceptors (Lipinski definition) is 3. The highest BCUT2D eigenvalue weighted by molar-refractivity contribution is 6.08. The molecule has 5 heteroatoms. The monoisotopic (exact) mass is 268 g/mol. The Kier molecular flexibility index (Phi) is 7.46. The second-order valence-corrected chi connectivity index (χ2v) is 5.63. The standard InChI is InChI=1S/C14H29BN2O2/c1-3-16(4-2)8-9-17-10-12(6-5-7-15)13(11-17)14(18)19/h12-13H,3-11,15H2,1-2H3,(H,18,19)/t12-,13+/m0/s1. The second kappa shape index (κ2) is 8.59. The molecule has 0 aromatic rings. The molecule has 1 saturated heterocycles. The minimum atomic E-state index is -0.605. The van der Waals surface area contributed by atoms with Gasteiger partial charge in [-0.3, -0.25) is 4.79 Å². The van der Waals surface area contributed by atoms with Crippen LogP contribution in [0.25, 0.3) is 0 Å². The number of carbonyl (C=O) groups is 1. The molecule has 1 aliphatic heterocycles. The number of rotatable bonds is 9. The van der Waals surface area contributed by atoms with Crippen LogP contribution < -0.4 is 0 Å². The summed E-state index contributed by atoms with van der Waals surface area (Å²) >= 11 is 0. The van der Waals surface area contributed by atoms with Crippen molar-refractivity contribution in [2.24, 2.45) is 11.8 Å². The van der Waals surface area contributed by atoms with Crippen LogP contribution in [0.5, 0.6) is 0 Å². The van der Waals surface area contributed by atoms with Gasteiger partial charge in [-0.25, -0.2) is 0 Å². The molecule has 19 heavy (non-hydrogen) atoms. The van der Waals surface area contributed by atoms with Crippen LogP contribution >= 0.6 is 0 Å². The predicted molar refractivity (Wildman–Crippen MR) is 81.4 cm³/mol. The van der Waals surface area contributed by atoms with Crippen LogP contribution in [-0.4, -0.2) is 68.0 Å². The van der Waals surface area contributed by atoms with Crippen molar-refractivity contribution in [1.82, 2.24) is 9.80 Å². The van der Waals surface area contributed by atoms with Crippen molar-refractivity contribution in [3.8, 4) is 0 Å². The summed E-state index contributed by atoms with van der Waals surface area (Å²) in [6, 6.07) is 0. The zero-order valence-corrected chi connectivity index (χ0v) is 12.8. The van der Waals surface area contributed by atoms with E-state index in [-0.39, 0.29) is 5.92 Å². The maximum atomic E-state index is 11.3. The molecular formula is C14H29BN2O2. The van der Waals surface area contributed by atoms with Crippen molar-refractivity contribution in [1.29, 1.82) is 0 Å². The van der Waals surface area contributed by atoms with E-state index >= 15 is 0 Å². The molecule has 0 spiro atoms. The molecule has 1 aliphatic rings. The van der Waals surface area contributed by atoms with Gasteiger partial charge in [0.25, 0.3) is 0 Å². The summed E-state index contributed by atoms with van der Waals surface area (Å²) in [5.41, 5.74) is 0. The number of carboxylic acid groups (broad SMARTS) is 1. The van der Waals surface area contributed by atoms with Crippen molar-refractivity contribution in [2.45, 2.75) is 33.0 Å². The van der Waals surface area contributed by atoms with Gasteiger partial charge >= 0.3 is 5.97 Å². The molecule has 0 unspecified atom stereocenters. The summed E-state index contributed by atoms with van der Waals surface area (Å²) in [7, 11) is 2.17. The SMILES string of the molecule is BCCC[C@H]1CN(CCN(CC)CC)C[C@H]1C(=O)O.